The van der Waals surface area contributed by atoms with Gasteiger partial charge in [0.2, 0.25) is 5.91 Å². The molecule has 0 radical (unpaired) electrons. The number of amides is 1. The van der Waals surface area contributed by atoms with E-state index < -0.39 is 0 Å². The molecule has 0 aliphatic carbocycles. The van der Waals surface area contributed by atoms with Crippen molar-refractivity contribution >= 4 is 18.3 Å². The molecule has 1 amide bonds. The molecule has 1 aromatic rings. The van der Waals surface area contributed by atoms with Crippen LogP contribution < -0.4 is 15.4 Å². The van der Waals surface area contributed by atoms with Crippen molar-refractivity contribution in [3.63, 3.8) is 0 Å². The maximum absolute atomic E-state index is 12.7. The van der Waals surface area contributed by atoms with Gasteiger partial charge in [-0.25, -0.2) is 4.39 Å². The van der Waals surface area contributed by atoms with Gasteiger partial charge in [0.05, 0.1) is 6.54 Å². The third kappa shape index (κ3) is 6.73. The van der Waals surface area contributed by atoms with Crippen LogP contribution in [0.3, 0.4) is 0 Å². The number of hydrogen-bond donors (Lipinski definition) is 2. The fourth-order valence-electron chi connectivity index (χ4n) is 1.60. The molecule has 0 heterocycles. The van der Waals surface area contributed by atoms with E-state index in [1.54, 1.807) is 12.1 Å². The average molecular weight is 305 g/mol. The molecular weight excluding hydrogens is 283 g/mol. The van der Waals surface area contributed by atoms with Crippen LogP contribution in [0.4, 0.5) is 4.39 Å². The minimum absolute atomic E-state index is 0. The SMILES string of the molecule is CNCC(C)C(=O)NCC(C)Oc1ccc(F)cc1.Cl. The van der Waals surface area contributed by atoms with Crippen LogP contribution in [0.15, 0.2) is 24.3 Å². The van der Waals surface area contributed by atoms with Gasteiger partial charge in [0, 0.05) is 12.5 Å². The highest BCUT2D eigenvalue weighted by Gasteiger charge is 2.13. The molecule has 1 rings (SSSR count). The molecule has 1 aromatic carbocycles. The molecule has 2 atom stereocenters. The van der Waals surface area contributed by atoms with Crippen LogP contribution in [-0.2, 0) is 4.79 Å². The zero-order valence-corrected chi connectivity index (χ0v) is 12.8. The Hall–Kier alpha value is -1.33. The van der Waals surface area contributed by atoms with Gasteiger partial charge in [0.15, 0.2) is 0 Å². The highest BCUT2D eigenvalue weighted by Crippen LogP contribution is 2.12. The zero-order chi connectivity index (χ0) is 14.3. The average Bonchev–Trinajstić information content (AvgIpc) is 2.39. The van der Waals surface area contributed by atoms with Crippen molar-refractivity contribution in [1.82, 2.24) is 10.6 Å². The second-order valence-electron chi connectivity index (χ2n) is 4.59. The van der Waals surface area contributed by atoms with E-state index in [9.17, 15) is 9.18 Å². The first kappa shape index (κ1) is 18.7. The quantitative estimate of drug-likeness (QED) is 0.810. The highest BCUT2D eigenvalue weighted by molar-refractivity contribution is 5.85. The summed E-state index contributed by atoms with van der Waals surface area (Å²) in [6.07, 6.45) is -0.170. The Morgan fingerprint density at radius 2 is 1.85 bits per heavy atom. The molecule has 0 aliphatic rings. The van der Waals surface area contributed by atoms with E-state index in [1.807, 2.05) is 20.9 Å². The predicted molar refractivity (Wildman–Crippen MR) is 79.8 cm³/mol. The molecule has 114 valence electrons. The smallest absolute Gasteiger partial charge is 0.224 e. The van der Waals surface area contributed by atoms with Gasteiger partial charge < -0.3 is 15.4 Å². The molecule has 0 aliphatic heterocycles. The lowest BCUT2D eigenvalue weighted by atomic mass is 10.1. The van der Waals surface area contributed by atoms with Crippen LogP contribution in [-0.4, -0.2) is 32.1 Å². The van der Waals surface area contributed by atoms with Gasteiger partial charge in [-0.05, 0) is 38.2 Å². The van der Waals surface area contributed by atoms with Crippen LogP contribution in [0, 0.1) is 11.7 Å². The van der Waals surface area contributed by atoms with Crippen molar-refractivity contribution in [2.75, 3.05) is 20.1 Å². The number of carbonyl (C=O) groups excluding carboxylic acids is 1. The number of hydrogen-bond acceptors (Lipinski definition) is 3. The first-order valence-electron chi connectivity index (χ1n) is 6.37. The maximum atomic E-state index is 12.7. The van der Waals surface area contributed by atoms with Gasteiger partial charge in [-0.3, -0.25) is 4.79 Å². The molecular formula is C14H22ClFN2O2. The van der Waals surface area contributed by atoms with E-state index in [-0.39, 0.29) is 36.2 Å². The Morgan fingerprint density at radius 1 is 1.25 bits per heavy atom. The van der Waals surface area contributed by atoms with Gasteiger partial charge in [0.1, 0.15) is 17.7 Å². The van der Waals surface area contributed by atoms with E-state index in [0.29, 0.717) is 18.8 Å². The lowest BCUT2D eigenvalue weighted by molar-refractivity contribution is -0.124. The Balaban J connectivity index is 0.00000361. The largest absolute Gasteiger partial charge is 0.489 e. The van der Waals surface area contributed by atoms with Crippen molar-refractivity contribution in [1.29, 1.82) is 0 Å². The Bertz CT molecular complexity index is 401. The minimum Gasteiger partial charge on any atom is -0.489 e. The summed E-state index contributed by atoms with van der Waals surface area (Å²) in [6, 6.07) is 5.82. The summed E-state index contributed by atoms with van der Waals surface area (Å²) in [5.74, 6) is 0.201. The van der Waals surface area contributed by atoms with Crippen molar-refractivity contribution in [2.24, 2.45) is 5.92 Å². The number of nitrogens with one attached hydrogen (secondary N) is 2. The van der Waals surface area contributed by atoms with E-state index in [1.165, 1.54) is 12.1 Å². The van der Waals surface area contributed by atoms with Gasteiger partial charge in [-0.1, -0.05) is 6.92 Å². The van der Waals surface area contributed by atoms with Crippen LogP contribution in [0.25, 0.3) is 0 Å². The molecule has 0 saturated carbocycles. The summed E-state index contributed by atoms with van der Waals surface area (Å²) in [4.78, 5) is 11.7. The van der Waals surface area contributed by atoms with E-state index in [4.69, 9.17) is 4.74 Å². The third-order valence-corrected chi connectivity index (χ3v) is 2.67. The molecule has 0 spiro atoms. The summed E-state index contributed by atoms with van der Waals surface area (Å²) < 4.78 is 18.3. The van der Waals surface area contributed by atoms with Gasteiger partial charge in [-0.2, -0.15) is 0 Å². The molecule has 0 saturated heterocycles. The number of rotatable bonds is 7. The van der Waals surface area contributed by atoms with Crippen molar-refractivity contribution in [3.8, 4) is 5.75 Å². The Morgan fingerprint density at radius 3 is 2.40 bits per heavy atom. The summed E-state index contributed by atoms with van der Waals surface area (Å²) in [7, 11) is 1.81. The summed E-state index contributed by atoms with van der Waals surface area (Å²) in [5.41, 5.74) is 0. The summed E-state index contributed by atoms with van der Waals surface area (Å²) >= 11 is 0. The molecule has 0 bridgehead atoms. The van der Waals surface area contributed by atoms with Gasteiger partial charge in [0.25, 0.3) is 0 Å². The summed E-state index contributed by atoms with van der Waals surface area (Å²) in [5, 5.41) is 5.77. The predicted octanol–water partition coefficient (Wildman–Crippen LogP) is 1.99. The lowest BCUT2D eigenvalue weighted by Crippen LogP contribution is -2.39. The second kappa shape index (κ2) is 9.55. The van der Waals surface area contributed by atoms with Crippen LogP contribution >= 0.6 is 12.4 Å². The molecule has 0 aromatic heterocycles. The van der Waals surface area contributed by atoms with E-state index in [0.717, 1.165) is 0 Å². The van der Waals surface area contributed by atoms with Gasteiger partial charge >= 0.3 is 0 Å². The van der Waals surface area contributed by atoms with Crippen LogP contribution in [0.5, 0.6) is 5.75 Å². The zero-order valence-electron chi connectivity index (χ0n) is 12.0. The Kier molecular flexibility index (Phi) is 8.92. The molecule has 2 unspecified atom stereocenters. The van der Waals surface area contributed by atoms with E-state index >= 15 is 0 Å². The molecule has 20 heavy (non-hydrogen) atoms. The van der Waals surface area contributed by atoms with Crippen molar-refractivity contribution < 1.29 is 13.9 Å². The monoisotopic (exact) mass is 304 g/mol. The molecule has 0 fully saturated rings. The first-order valence-corrected chi connectivity index (χ1v) is 6.37. The second-order valence-corrected chi connectivity index (χ2v) is 4.59. The van der Waals surface area contributed by atoms with Crippen LogP contribution in [0.1, 0.15) is 13.8 Å². The maximum Gasteiger partial charge on any atom is 0.224 e. The summed E-state index contributed by atoms with van der Waals surface area (Å²) in [6.45, 7) is 4.77. The number of carbonyl (C=O) groups is 1. The fourth-order valence-corrected chi connectivity index (χ4v) is 1.60. The number of ether oxygens (including phenoxy) is 1. The lowest BCUT2D eigenvalue weighted by Gasteiger charge is -2.17. The minimum atomic E-state index is -0.297. The number of benzene rings is 1. The highest BCUT2D eigenvalue weighted by atomic mass is 35.5. The molecule has 6 heteroatoms. The topological polar surface area (TPSA) is 50.4 Å². The molecule has 4 nitrogen and oxygen atoms in total. The van der Waals surface area contributed by atoms with Crippen molar-refractivity contribution in [3.05, 3.63) is 30.1 Å². The molecule has 2 N–H and O–H groups in total. The third-order valence-electron chi connectivity index (χ3n) is 2.67. The Labute approximate surface area is 125 Å². The fraction of sp³-hybridized carbons (Fsp3) is 0.500. The standard InChI is InChI=1S/C14H21FN2O2.ClH/c1-10(8-16-3)14(18)17-9-11(2)19-13-6-4-12(15)5-7-13;/h4-7,10-11,16H,8-9H2,1-3H3,(H,17,18);1H. The van der Waals surface area contributed by atoms with Crippen molar-refractivity contribution in [2.45, 2.75) is 20.0 Å². The normalized spacial score (nSPS) is 13.0. The first-order chi connectivity index (χ1) is 9.02. The number of halogens is 2. The van der Waals surface area contributed by atoms with Crippen LogP contribution in [0.2, 0.25) is 0 Å². The van der Waals surface area contributed by atoms with E-state index in [2.05, 4.69) is 10.6 Å². The van der Waals surface area contributed by atoms with Gasteiger partial charge in [-0.15, -0.1) is 12.4 Å².